The van der Waals surface area contributed by atoms with Crippen molar-refractivity contribution in [2.45, 2.75) is 27.7 Å². The van der Waals surface area contributed by atoms with E-state index >= 15 is 0 Å². The SMILES string of the molecule is CC.CC.CNc1cccc(-n2c(=O)n(-c3ccc(Oc4ccccc4)cc3)c3c(N)ncnc32)c1. The quantitative estimate of drug-likeness (QED) is 0.315. The van der Waals surface area contributed by atoms with Gasteiger partial charge in [0.1, 0.15) is 23.3 Å². The first-order chi connectivity index (χ1) is 17.7. The standard InChI is InChI=1S/C24H20N6O2.2C2H6/c1-26-16-6-5-7-18(14-16)30-23-21(22(25)27-15-28-23)29(24(30)31)17-10-12-20(13-11-17)32-19-8-3-2-4-9-19;2*1-2/h2-15,26H,1H3,(H2,25,27,28);2*1-2H3. The molecule has 2 aromatic heterocycles. The van der Waals surface area contributed by atoms with Gasteiger partial charge < -0.3 is 15.8 Å². The van der Waals surface area contributed by atoms with Gasteiger partial charge in [0.25, 0.3) is 0 Å². The zero-order valence-corrected chi connectivity index (χ0v) is 21.3. The molecule has 0 spiro atoms. The van der Waals surface area contributed by atoms with Crippen LogP contribution in [0.1, 0.15) is 27.7 Å². The van der Waals surface area contributed by atoms with Crippen molar-refractivity contribution in [2.75, 3.05) is 18.1 Å². The molecule has 0 saturated heterocycles. The summed E-state index contributed by atoms with van der Waals surface area (Å²) in [6.45, 7) is 8.00. The molecule has 36 heavy (non-hydrogen) atoms. The molecule has 0 bridgehead atoms. The molecule has 8 heteroatoms. The molecular formula is C28H32N6O2. The van der Waals surface area contributed by atoms with Crippen molar-refractivity contribution in [3.63, 3.8) is 0 Å². The predicted molar refractivity (Wildman–Crippen MR) is 148 cm³/mol. The van der Waals surface area contributed by atoms with E-state index in [-0.39, 0.29) is 11.5 Å². The van der Waals surface area contributed by atoms with E-state index in [4.69, 9.17) is 10.5 Å². The molecule has 0 radical (unpaired) electrons. The summed E-state index contributed by atoms with van der Waals surface area (Å²) in [6, 6.07) is 24.2. The molecule has 3 aromatic carbocycles. The van der Waals surface area contributed by atoms with Crippen LogP contribution in [0.15, 0.2) is 90.0 Å². The van der Waals surface area contributed by atoms with Gasteiger partial charge in [-0.3, -0.25) is 4.57 Å². The van der Waals surface area contributed by atoms with E-state index in [1.807, 2.05) is 89.3 Å². The number of nitrogens with one attached hydrogen (secondary N) is 1. The number of nitrogens with two attached hydrogens (primary N) is 1. The van der Waals surface area contributed by atoms with Crippen molar-refractivity contribution in [1.29, 1.82) is 0 Å². The van der Waals surface area contributed by atoms with Gasteiger partial charge >= 0.3 is 5.69 Å². The smallest absolute Gasteiger partial charge is 0.339 e. The number of benzene rings is 3. The van der Waals surface area contributed by atoms with Crippen molar-refractivity contribution in [3.05, 3.63) is 95.7 Å². The highest BCUT2D eigenvalue weighted by atomic mass is 16.5. The van der Waals surface area contributed by atoms with Gasteiger partial charge in [0, 0.05) is 12.7 Å². The number of hydrogen-bond donors (Lipinski definition) is 2. The minimum Gasteiger partial charge on any atom is -0.457 e. The number of rotatable bonds is 5. The number of para-hydroxylation sites is 1. The van der Waals surface area contributed by atoms with Gasteiger partial charge in [-0.2, -0.15) is 0 Å². The minimum atomic E-state index is -0.294. The van der Waals surface area contributed by atoms with E-state index < -0.39 is 0 Å². The van der Waals surface area contributed by atoms with Crippen LogP contribution in [-0.2, 0) is 0 Å². The van der Waals surface area contributed by atoms with E-state index in [0.29, 0.717) is 28.3 Å². The van der Waals surface area contributed by atoms with E-state index in [9.17, 15) is 4.79 Å². The van der Waals surface area contributed by atoms with Crippen molar-refractivity contribution in [2.24, 2.45) is 0 Å². The first kappa shape index (κ1) is 26.0. The van der Waals surface area contributed by atoms with Crippen LogP contribution in [0.4, 0.5) is 11.5 Å². The second-order valence-electron chi connectivity index (χ2n) is 7.09. The van der Waals surface area contributed by atoms with Crippen LogP contribution in [0, 0.1) is 0 Å². The Morgan fingerprint density at radius 3 is 2.11 bits per heavy atom. The summed E-state index contributed by atoms with van der Waals surface area (Å²) in [5, 5.41) is 3.09. The predicted octanol–water partition coefficient (Wildman–Crippen LogP) is 6.04. The second-order valence-corrected chi connectivity index (χ2v) is 7.09. The van der Waals surface area contributed by atoms with Gasteiger partial charge in [-0.1, -0.05) is 52.0 Å². The molecule has 0 aliphatic rings. The summed E-state index contributed by atoms with van der Waals surface area (Å²) < 4.78 is 8.91. The molecule has 3 N–H and O–H groups in total. The maximum absolute atomic E-state index is 13.6. The Morgan fingerprint density at radius 2 is 1.44 bits per heavy atom. The molecule has 2 heterocycles. The number of nitrogen functional groups attached to an aromatic ring is 1. The number of anilines is 2. The third kappa shape index (κ3) is 5.22. The number of aromatic nitrogens is 4. The van der Waals surface area contributed by atoms with Crippen LogP contribution in [0.2, 0.25) is 0 Å². The normalized spacial score (nSPS) is 10.0. The lowest BCUT2D eigenvalue weighted by atomic mass is 10.2. The van der Waals surface area contributed by atoms with Crippen LogP contribution in [0.5, 0.6) is 11.5 Å². The molecule has 0 aliphatic heterocycles. The van der Waals surface area contributed by atoms with Crippen LogP contribution in [0.3, 0.4) is 0 Å². The monoisotopic (exact) mass is 484 g/mol. The first-order valence-electron chi connectivity index (χ1n) is 12.0. The molecule has 0 fully saturated rings. The fraction of sp³-hybridized carbons (Fsp3) is 0.179. The Hall–Kier alpha value is -4.59. The Balaban J connectivity index is 0.000000861. The molecule has 0 unspecified atom stereocenters. The molecule has 0 atom stereocenters. The zero-order valence-electron chi connectivity index (χ0n) is 21.3. The summed E-state index contributed by atoms with van der Waals surface area (Å²) in [5.41, 5.74) is 8.95. The van der Waals surface area contributed by atoms with Crippen molar-refractivity contribution >= 4 is 22.7 Å². The summed E-state index contributed by atoms with van der Waals surface area (Å²) in [4.78, 5) is 22.0. The average Bonchev–Trinajstić information content (AvgIpc) is 3.25. The van der Waals surface area contributed by atoms with Gasteiger partial charge in [0.05, 0.1) is 11.4 Å². The zero-order chi connectivity index (χ0) is 26.1. The minimum absolute atomic E-state index is 0.222. The highest BCUT2D eigenvalue weighted by Crippen LogP contribution is 2.26. The van der Waals surface area contributed by atoms with Gasteiger partial charge in [0.15, 0.2) is 11.5 Å². The third-order valence-electron chi connectivity index (χ3n) is 5.12. The summed E-state index contributed by atoms with van der Waals surface area (Å²) >= 11 is 0. The summed E-state index contributed by atoms with van der Waals surface area (Å²) in [6.07, 6.45) is 1.36. The molecular weight excluding hydrogens is 452 g/mol. The Bertz CT molecular complexity index is 1460. The maximum Gasteiger partial charge on any atom is 0.339 e. The van der Waals surface area contributed by atoms with E-state index in [0.717, 1.165) is 11.4 Å². The van der Waals surface area contributed by atoms with Crippen LogP contribution in [-0.4, -0.2) is 26.1 Å². The largest absolute Gasteiger partial charge is 0.457 e. The number of ether oxygens (including phenoxy) is 1. The first-order valence-corrected chi connectivity index (χ1v) is 12.0. The number of fused-ring (bicyclic) bond motifs is 1. The molecule has 5 rings (SSSR count). The lowest BCUT2D eigenvalue weighted by molar-refractivity contribution is 0.482. The topological polar surface area (TPSA) is 100.0 Å². The maximum atomic E-state index is 13.6. The molecule has 0 saturated carbocycles. The second kappa shape index (κ2) is 12.2. The molecule has 0 aliphatic carbocycles. The van der Waals surface area contributed by atoms with Crippen LogP contribution < -0.4 is 21.5 Å². The number of hydrogen-bond acceptors (Lipinski definition) is 6. The molecule has 5 aromatic rings. The Kier molecular flexibility index (Phi) is 8.83. The lowest BCUT2D eigenvalue weighted by Gasteiger charge is -2.08. The van der Waals surface area contributed by atoms with Crippen molar-refractivity contribution < 1.29 is 4.74 Å². The van der Waals surface area contributed by atoms with Gasteiger partial charge in [-0.25, -0.2) is 19.3 Å². The molecule has 186 valence electrons. The Labute approximate surface area is 211 Å². The van der Waals surface area contributed by atoms with Gasteiger partial charge in [-0.15, -0.1) is 0 Å². The highest BCUT2D eigenvalue weighted by Gasteiger charge is 2.20. The summed E-state index contributed by atoms with van der Waals surface area (Å²) in [5.74, 6) is 1.61. The van der Waals surface area contributed by atoms with E-state index in [2.05, 4.69) is 15.3 Å². The van der Waals surface area contributed by atoms with E-state index in [1.54, 1.807) is 24.3 Å². The Morgan fingerprint density at radius 1 is 0.778 bits per heavy atom. The molecule has 0 amide bonds. The van der Waals surface area contributed by atoms with Gasteiger partial charge in [0.2, 0.25) is 0 Å². The fourth-order valence-electron chi connectivity index (χ4n) is 3.61. The van der Waals surface area contributed by atoms with Gasteiger partial charge in [-0.05, 0) is 54.6 Å². The van der Waals surface area contributed by atoms with Crippen molar-refractivity contribution in [3.8, 4) is 22.9 Å². The lowest BCUT2D eigenvalue weighted by Crippen LogP contribution is -2.22. The fourth-order valence-corrected chi connectivity index (χ4v) is 3.61. The van der Waals surface area contributed by atoms with E-state index in [1.165, 1.54) is 15.5 Å². The van der Waals surface area contributed by atoms with Crippen LogP contribution >= 0.6 is 0 Å². The average molecular weight is 485 g/mol. The number of nitrogens with zero attached hydrogens (tertiary/aromatic N) is 4. The molecule has 8 nitrogen and oxygen atoms in total. The number of imidazole rings is 1. The summed E-state index contributed by atoms with van der Waals surface area (Å²) in [7, 11) is 1.82. The third-order valence-corrected chi connectivity index (χ3v) is 5.12. The highest BCUT2D eigenvalue weighted by molar-refractivity contribution is 5.85. The van der Waals surface area contributed by atoms with Crippen LogP contribution in [0.25, 0.3) is 22.5 Å². The van der Waals surface area contributed by atoms with Crippen molar-refractivity contribution in [1.82, 2.24) is 19.1 Å².